The van der Waals surface area contributed by atoms with Crippen molar-refractivity contribution in [3.8, 4) is 0 Å². The van der Waals surface area contributed by atoms with Gasteiger partial charge in [0.05, 0.1) is 6.54 Å². The maximum Gasteiger partial charge on any atom is 0.151 e. The Morgan fingerprint density at radius 1 is 0.875 bits per heavy atom. The molecule has 0 aliphatic rings. The Kier molecular flexibility index (Phi) is 7.51. The van der Waals surface area contributed by atoms with E-state index in [1.54, 1.807) is 0 Å². The van der Waals surface area contributed by atoms with Crippen LogP contribution < -0.4 is 5.73 Å². The van der Waals surface area contributed by atoms with Crippen molar-refractivity contribution in [2.75, 3.05) is 6.54 Å². The van der Waals surface area contributed by atoms with E-state index in [4.69, 9.17) is 5.73 Å². The quantitative estimate of drug-likeness (QED) is 0.791. The first kappa shape index (κ1) is 17.7. The Morgan fingerprint density at radius 3 is 1.19 bits per heavy atom. The van der Waals surface area contributed by atoms with Crippen molar-refractivity contribution in [3.63, 3.8) is 0 Å². The van der Waals surface area contributed by atoms with Gasteiger partial charge in [0.2, 0.25) is 0 Å². The Bertz CT molecular complexity index is 205. The van der Waals surface area contributed by atoms with Gasteiger partial charge >= 0.3 is 0 Å². The van der Waals surface area contributed by atoms with Gasteiger partial charge in [0, 0.05) is 17.3 Å². The summed E-state index contributed by atoms with van der Waals surface area (Å²) in [5.74, 6) is 0.440. The zero-order valence-corrected chi connectivity index (χ0v) is 11.8. The van der Waals surface area contributed by atoms with Crippen molar-refractivity contribution < 1.29 is 9.59 Å². The molecular weight excluding hydrogens is 202 g/mol. The fourth-order valence-corrected chi connectivity index (χ4v) is 0.837. The molecule has 96 valence electrons. The van der Waals surface area contributed by atoms with Crippen LogP contribution in [0.15, 0.2) is 0 Å². The van der Waals surface area contributed by atoms with Crippen LogP contribution in [0.25, 0.3) is 0 Å². The molecule has 0 heterocycles. The molecule has 0 aromatic carbocycles. The molecule has 0 spiro atoms. The molecule has 0 aromatic rings. The van der Waals surface area contributed by atoms with Crippen LogP contribution in [-0.2, 0) is 9.59 Å². The van der Waals surface area contributed by atoms with Crippen LogP contribution in [-0.4, -0.2) is 18.1 Å². The minimum atomic E-state index is -0.255. The van der Waals surface area contributed by atoms with Crippen LogP contribution in [0.5, 0.6) is 0 Å². The van der Waals surface area contributed by atoms with Crippen LogP contribution in [0, 0.1) is 10.8 Å². The third-order valence-corrected chi connectivity index (χ3v) is 2.18. The normalized spacial score (nSPS) is 11.5. The molecule has 0 unspecified atom stereocenters. The molecule has 0 saturated heterocycles. The molecule has 0 amide bonds. The smallest absolute Gasteiger partial charge is 0.151 e. The molecule has 3 nitrogen and oxygen atoms in total. The lowest BCUT2D eigenvalue weighted by atomic mass is 9.90. The molecule has 0 aliphatic heterocycles. The minimum absolute atomic E-state index is 0.109. The highest BCUT2D eigenvalue weighted by molar-refractivity contribution is 5.85. The van der Waals surface area contributed by atoms with Gasteiger partial charge in [0.1, 0.15) is 5.78 Å². The molecule has 0 saturated carbocycles. The van der Waals surface area contributed by atoms with E-state index in [1.807, 2.05) is 48.5 Å². The Morgan fingerprint density at radius 2 is 1.19 bits per heavy atom. The molecule has 0 atom stereocenters. The van der Waals surface area contributed by atoms with Gasteiger partial charge in [-0.3, -0.25) is 9.59 Å². The van der Waals surface area contributed by atoms with E-state index in [0.29, 0.717) is 12.2 Å². The minimum Gasteiger partial charge on any atom is -0.324 e. The molecule has 0 radical (unpaired) electrons. The van der Waals surface area contributed by atoms with Gasteiger partial charge in [0.25, 0.3) is 0 Å². The predicted octanol–water partition coefficient (Wildman–Crippen LogP) is 2.57. The van der Waals surface area contributed by atoms with Crippen LogP contribution in [0.2, 0.25) is 0 Å². The highest BCUT2D eigenvalue weighted by Gasteiger charge is 2.18. The second-order valence-electron chi connectivity index (χ2n) is 5.90. The first-order chi connectivity index (χ1) is 6.96. The van der Waals surface area contributed by atoms with Crippen LogP contribution in [0.4, 0.5) is 0 Å². The number of hydrogen-bond acceptors (Lipinski definition) is 3. The molecule has 0 aliphatic carbocycles. The fraction of sp³-hybridized carbons (Fsp3) is 0.846. The molecule has 3 heteroatoms. The van der Waals surface area contributed by atoms with Gasteiger partial charge < -0.3 is 5.73 Å². The summed E-state index contributed by atoms with van der Waals surface area (Å²) < 4.78 is 0. The van der Waals surface area contributed by atoms with E-state index in [9.17, 15) is 9.59 Å². The average molecular weight is 229 g/mol. The zero-order valence-electron chi connectivity index (χ0n) is 11.8. The highest BCUT2D eigenvalue weighted by Crippen LogP contribution is 2.15. The number of nitrogens with two attached hydrogens (primary N) is 1. The van der Waals surface area contributed by atoms with Crippen molar-refractivity contribution >= 4 is 11.6 Å². The summed E-state index contributed by atoms with van der Waals surface area (Å²) in [4.78, 5) is 21.5. The Labute approximate surface area is 99.8 Å². The van der Waals surface area contributed by atoms with E-state index in [0.717, 1.165) is 0 Å². The van der Waals surface area contributed by atoms with Crippen molar-refractivity contribution in [1.29, 1.82) is 0 Å². The standard InChI is InChI=1S/C7H14O.C6H13NO/c1-5-6(8)7(2,3)4;1-6(2,3)5(8)4-7/h5H2,1-4H3;4,7H2,1-3H3. The lowest BCUT2D eigenvalue weighted by molar-refractivity contribution is -0.126. The third-order valence-electron chi connectivity index (χ3n) is 2.18. The van der Waals surface area contributed by atoms with Crippen molar-refractivity contribution in [2.24, 2.45) is 16.6 Å². The number of hydrogen-bond donors (Lipinski definition) is 1. The number of ketones is 2. The van der Waals surface area contributed by atoms with Gasteiger partial charge in [0.15, 0.2) is 5.78 Å². The van der Waals surface area contributed by atoms with Crippen molar-refractivity contribution in [1.82, 2.24) is 0 Å². The van der Waals surface area contributed by atoms with Gasteiger partial charge in [-0.05, 0) is 0 Å². The van der Waals surface area contributed by atoms with Gasteiger partial charge in [-0.2, -0.15) is 0 Å². The Hall–Kier alpha value is -0.700. The summed E-state index contributed by atoms with van der Waals surface area (Å²) in [6.45, 7) is 13.5. The van der Waals surface area contributed by atoms with Gasteiger partial charge in [-0.25, -0.2) is 0 Å². The maximum atomic E-state index is 10.8. The first-order valence-corrected chi connectivity index (χ1v) is 5.73. The topological polar surface area (TPSA) is 60.2 Å². The van der Waals surface area contributed by atoms with E-state index in [1.165, 1.54) is 0 Å². The number of Topliss-reactive ketones (excluding diaryl/α,β-unsaturated/α-hetero) is 2. The Balaban J connectivity index is 0. The van der Waals surface area contributed by atoms with Crippen LogP contribution in [0.1, 0.15) is 54.9 Å². The maximum absolute atomic E-state index is 10.8. The summed E-state index contributed by atoms with van der Waals surface area (Å²) in [6.07, 6.45) is 0.656. The zero-order chi connectivity index (χ0) is 13.6. The largest absolute Gasteiger partial charge is 0.324 e. The summed E-state index contributed by atoms with van der Waals surface area (Å²) in [5.41, 5.74) is 4.72. The fourth-order valence-electron chi connectivity index (χ4n) is 0.837. The first-order valence-electron chi connectivity index (χ1n) is 5.73. The van der Waals surface area contributed by atoms with E-state index < -0.39 is 0 Å². The summed E-state index contributed by atoms with van der Waals surface area (Å²) >= 11 is 0. The lowest BCUT2D eigenvalue weighted by Gasteiger charge is -2.13. The molecular formula is C13H27NO2. The van der Waals surface area contributed by atoms with E-state index in [2.05, 4.69) is 0 Å². The van der Waals surface area contributed by atoms with Crippen molar-refractivity contribution in [3.05, 3.63) is 0 Å². The predicted molar refractivity (Wildman–Crippen MR) is 68.3 cm³/mol. The lowest BCUT2D eigenvalue weighted by Crippen LogP contribution is -2.27. The van der Waals surface area contributed by atoms with E-state index >= 15 is 0 Å². The van der Waals surface area contributed by atoms with Crippen LogP contribution in [0.3, 0.4) is 0 Å². The number of rotatable bonds is 2. The van der Waals surface area contributed by atoms with Crippen molar-refractivity contribution in [2.45, 2.75) is 54.9 Å². The number of carbonyl (C=O) groups excluding carboxylic acids is 2. The molecule has 0 fully saturated rings. The molecule has 16 heavy (non-hydrogen) atoms. The average Bonchev–Trinajstić information content (AvgIpc) is 2.13. The van der Waals surface area contributed by atoms with E-state index in [-0.39, 0.29) is 23.2 Å². The summed E-state index contributed by atoms with van der Waals surface area (Å²) in [5, 5.41) is 0. The monoisotopic (exact) mass is 229 g/mol. The number of carbonyl (C=O) groups is 2. The second-order valence-corrected chi connectivity index (χ2v) is 5.90. The highest BCUT2D eigenvalue weighted by atomic mass is 16.1. The summed E-state index contributed by atoms with van der Waals surface area (Å²) in [6, 6.07) is 0. The molecule has 0 aromatic heterocycles. The second kappa shape index (κ2) is 6.79. The van der Waals surface area contributed by atoms with Gasteiger partial charge in [-0.1, -0.05) is 48.5 Å². The molecule has 0 rings (SSSR count). The molecule has 0 bridgehead atoms. The molecule has 2 N–H and O–H groups in total. The third kappa shape index (κ3) is 8.60. The van der Waals surface area contributed by atoms with Crippen LogP contribution >= 0.6 is 0 Å². The summed E-state index contributed by atoms with van der Waals surface area (Å²) in [7, 11) is 0. The van der Waals surface area contributed by atoms with Gasteiger partial charge in [-0.15, -0.1) is 0 Å². The SMILES string of the molecule is CC(C)(C)C(=O)CN.CCC(=O)C(C)(C)C.